The van der Waals surface area contributed by atoms with Gasteiger partial charge in [0.1, 0.15) is 17.0 Å². The highest BCUT2D eigenvalue weighted by Gasteiger charge is 2.53. The topological polar surface area (TPSA) is 97.3 Å². The number of ether oxygens (including phenoxy) is 3. The van der Waals surface area contributed by atoms with Crippen molar-refractivity contribution >= 4 is 12.0 Å². The lowest BCUT2D eigenvalue weighted by Gasteiger charge is -2.45. The molecule has 230 valence electrons. The average Bonchev–Trinajstić information content (AvgIpc) is 3.76. The zero-order valence-corrected chi connectivity index (χ0v) is 24.8. The van der Waals surface area contributed by atoms with Crippen LogP contribution in [0.15, 0.2) is 42.5 Å². The third-order valence-electron chi connectivity index (χ3n) is 8.19. The minimum Gasteiger partial charge on any atom is -0.493 e. The number of alkyl halides is 2. The summed E-state index contributed by atoms with van der Waals surface area (Å²) in [6.45, 7) is 6.09. The molecule has 2 aromatic rings. The Bertz CT molecular complexity index is 1200. The van der Waals surface area contributed by atoms with Gasteiger partial charge in [0, 0.05) is 44.9 Å². The lowest BCUT2D eigenvalue weighted by Crippen LogP contribution is -2.66. The molecule has 0 aromatic heterocycles. The Morgan fingerprint density at radius 3 is 2.19 bits per heavy atom. The second-order valence-corrected chi connectivity index (χ2v) is 11.3. The number of urea groups is 1. The first kappa shape index (κ1) is 31.5. The molecule has 0 heterocycles. The molecular formula is C32H42F2N2O6. The molecule has 0 radical (unpaired) electrons. The van der Waals surface area contributed by atoms with Crippen LogP contribution in [0.4, 0.5) is 13.6 Å². The number of carboxylic acids is 1. The second-order valence-electron chi connectivity index (χ2n) is 11.3. The van der Waals surface area contributed by atoms with E-state index in [1.807, 2.05) is 26.0 Å². The van der Waals surface area contributed by atoms with E-state index in [2.05, 4.69) is 5.32 Å². The Kier molecular flexibility index (Phi) is 9.97. The van der Waals surface area contributed by atoms with E-state index in [0.29, 0.717) is 41.8 Å². The quantitative estimate of drug-likeness (QED) is 0.252. The number of methoxy groups -OCH3 is 1. The van der Waals surface area contributed by atoms with Gasteiger partial charge in [-0.1, -0.05) is 30.3 Å². The SMILES string of the molecule is CCOc1cc([C@@H](C)N(CCC(F)(F)Cc2ccccc2)C(=O)NC2(C(=O)O)CC(OC)C2)cc(OCC)c1C1CC1. The van der Waals surface area contributed by atoms with Crippen LogP contribution < -0.4 is 14.8 Å². The second kappa shape index (κ2) is 13.3. The molecule has 8 nitrogen and oxygen atoms in total. The number of carbonyl (C=O) groups excluding carboxylic acids is 1. The van der Waals surface area contributed by atoms with Gasteiger partial charge in [0.05, 0.1) is 25.4 Å². The monoisotopic (exact) mass is 588 g/mol. The van der Waals surface area contributed by atoms with Crippen LogP contribution in [0.3, 0.4) is 0 Å². The number of aliphatic carboxylic acids is 1. The average molecular weight is 589 g/mol. The van der Waals surface area contributed by atoms with Crippen LogP contribution in [0.2, 0.25) is 0 Å². The van der Waals surface area contributed by atoms with Crippen molar-refractivity contribution < 1.29 is 37.7 Å². The van der Waals surface area contributed by atoms with Gasteiger partial charge in [-0.15, -0.1) is 0 Å². The van der Waals surface area contributed by atoms with Gasteiger partial charge >= 0.3 is 12.0 Å². The maximum absolute atomic E-state index is 15.2. The fourth-order valence-electron chi connectivity index (χ4n) is 5.60. The van der Waals surface area contributed by atoms with E-state index in [0.717, 1.165) is 18.4 Å². The summed E-state index contributed by atoms with van der Waals surface area (Å²) in [5, 5.41) is 12.6. The fraction of sp³-hybridized carbons (Fsp3) is 0.562. The number of carbonyl (C=O) groups is 2. The standard InChI is InChI=1S/C32H42F2N2O6/c1-5-41-26-16-24(17-27(42-6-2)28(26)23-12-13-23)21(3)36(15-14-32(33,34)18-22-10-8-7-9-11-22)30(39)35-31(29(37)38)19-25(20-31)40-4/h7-11,16-17,21,23,25H,5-6,12-15,18-20H2,1-4H3,(H,35,39)(H,37,38)/t21-,25?,31?/m1/s1. The zero-order chi connectivity index (χ0) is 30.5. The van der Waals surface area contributed by atoms with Crippen LogP contribution >= 0.6 is 0 Å². The number of carboxylic acid groups (broad SMARTS) is 1. The van der Waals surface area contributed by atoms with Crippen LogP contribution in [0.1, 0.15) is 81.5 Å². The lowest BCUT2D eigenvalue weighted by molar-refractivity contribution is -0.155. The molecule has 2 fully saturated rings. The molecule has 2 amide bonds. The maximum atomic E-state index is 15.2. The molecule has 0 aliphatic heterocycles. The molecular weight excluding hydrogens is 546 g/mol. The number of hydrogen-bond donors (Lipinski definition) is 2. The van der Waals surface area contributed by atoms with E-state index in [1.54, 1.807) is 37.3 Å². The van der Waals surface area contributed by atoms with Crippen molar-refractivity contribution in [3.63, 3.8) is 0 Å². The predicted molar refractivity (Wildman–Crippen MR) is 155 cm³/mol. The highest BCUT2D eigenvalue weighted by atomic mass is 19.3. The fourth-order valence-corrected chi connectivity index (χ4v) is 5.60. The van der Waals surface area contributed by atoms with E-state index in [4.69, 9.17) is 14.2 Å². The third-order valence-corrected chi connectivity index (χ3v) is 8.19. The lowest BCUT2D eigenvalue weighted by atomic mass is 9.74. The third kappa shape index (κ3) is 7.32. The largest absolute Gasteiger partial charge is 0.493 e. The van der Waals surface area contributed by atoms with Crippen LogP contribution in [0.25, 0.3) is 0 Å². The van der Waals surface area contributed by atoms with Gasteiger partial charge in [0.15, 0.2) is 0 Å². The Morgan fingerprint density at radius 2 is 1.69 bits per heavy atom. The summed E-state index contributed by atoms with van der Waals surface area (Å²) in [6.07, 6.45) is 0.869. The normalized spacial score (nSPS) is 20.8. The van der Waals surface area contributed by atoms with Gasteiger partial charge < -0.3 is 29.5 Å². The smallest absolute Gasteiger partial charge is 0.329 e. The maximum Gasteiger partial charge on any atom is 0.329 e. The Hall–Kier alpha value is -3.40. The highest BCUT2D eigenvalue weighted by molar-refractivity contribution is 5.87. The molecule has 2 aromatic carbocycles. The van der Waals surface area contributed by atoms with Gasteiger partial charge in [0.2, 0.25) is 0 Å². The summed E-state index contributed by atoms with van der Waals surface area (Å²) in [6, 6.07) is 10.8. The number of hydrogen-bond acceptors (Lipinski definition) is 5. The van der Waals surface area contributed by atoms with E-state index >= 15 is 8.78 Å². The number of rotatable bonds is 15. The highest BCUT2D eigenvalue weighted by Crippen LogP contribution is 2.50. The van der Waals surface area contributed by atoms with Crippen LogP contribution in [-0.4, -0.2) is 66.4 Å². The van der Waals surface area contributed by atoms with Crippen LogP contribution in [0.5, 0.6) is 11.5 Å². The first-order chi connectivity index (χ1) is 20.0. The molecule has 0 bridgehead atoms. The number of nitrogens with one attached hydrogen (secondary N) is 1. The van der Waals surface area contributed by atoms with Crippen molar-refractivity contribution in [2.75, 3.05) is 26.9 Å². The van der Waals surface area contributed by atoms with Crippen molar-refractivity contribution in [2.45, 2.75) is 88.8 Å². The molecule has 0 saturated heterocycles. The van der Waals surface area contributed by atoms with Crippen molar-refractivity contribution in [3.05, 3.63) is 59.2 Å². The molecule has 4 rings (SSSR count). The van der Waals surface area contributed by atoms with Crippen LogP contribution in [-0.2, 0) is 16.0 Å². The minimum atomic E-state index is -3.09. The number of benzene rings is 2. The summed E-state index contributed by atoms with van der Waals surface area (Å²) in [5.74, 6) is -2.63. The van der Waals surface area contributed by atoms with Gasteiger partial charge in [-0.25, -0.2) is 18.4 Å². The first-order valence-electron chi connectivity index (χ1n) is 14.7. The molecule has 42 heavy (non-hydrogen) atoms. The molecule has 2 N–H and O–H groups in total. The minimum absolute atomic E-state index is 0.0933. The molecule has 10 heteroatoms. The predicted octanol–water partition coefficient (Wildman–Crippen LogP) is 6.33. The summed E-state index contributed by atoms with van der Waals surface area (Å²) in [7, 11) is 1.48. The van der Waals surface area contributed by atoms with Gasteiger partial charge in [0.25, 0.3) is 5.92 Å². The Morgan fingerprint density at radius 1 is 1.10 bits per heavy atom. The molecule has 0 spiro atoms. The summed E-state index contributed by atoms with van der Waals surface area (Å²) >= 11 is 0. The summed E-state index contributed by atoms with van der Waals surface area (Å²) in [4.78, 5) is 27.2. The van der Waals surface area contributed by atoms with Gasteiger partial charge in [-0.05, 0) is 62.8 Å². The Balaban J connectivity index is 1.64. The summed E-state index contributed by atoms with van der Waals surface area (Å²) < 4.78 is 47.6. The van der Waals surface area contributed by atoms with E-state index in [1.165, 1.54) is 12.0 Å². The molecule has 2 aliphatic carbocycles. The van der Waals surface area contributed by atoms with Crippen molar-refractivity contribution in [1.82, 2.24) is 10.2 Å². The Labute approximate surface area is 246 Å². The summed E-state index contributed by atoms with van der Waals surface area (Å²) in [5.41, 5.74) is 0.616. The van der Waals surface area contributed by atoms with E-state index in [-0.39, 0.29) is 25.5 Å². The molecule has 2 saturated carbocycles. The van der Waals surface area contributed by atoms with E-state index in [9.17, 15) is 14.7 Å². The van der Waals surface area contributed by atoms with Crippen molar-refractivity contribution in [2.24, 2.45) is 0 Å². The molecule has 1 atom stereocenters. The first-order valence-corrected chi connectivity index (χ1v) is 14.7. The van der Waals surface area contributed by atoms with Crippen LogP contribution in [0, 0.1) is 0 Å². The van der Waals surface area contributed by atoms with Crippen molar-refractivity contribution in [3.8, 4) is 11.5 Å². The van der Waals surface area contributed by atoms with Gasteiger partial charge in [-0.3, -0.25) is 0 Å². The number of amides is 2. The molecule has 0 unspecified atom stereocenters. The van der Waals surface area contributed by atoms with Crippen molar-refractivity contribution in [1.29, 1.82) is 0 Å². The van der Waals surface area contributed by atoms with Gasteiger partial charge in [-0.2, -0.15) is 0 Å². The zero-order valence-electron chi connectivity index (χ0n) is 24.8. The number of halogens is 2. The molecule has 2 aliphatic rings. The van der Waals surface area contributed by atoms with E-state index < -0.39 is 42.3 Å². The number of nitrogens with zero attached hydrogens (tertiary/aromatic N) is 1.